The molecule has 1 aliphatic heterocycles. The molecule has 148 valence electrons. The highest BCUT2D eigenvalue weighted by molar-refractivity contribution is 7.22. The molecule has 3 aromatic rings. The van der Waals surface area contributed by atoms with Crippen LogP contribution < -0.4 is 15.1 Å². The maximum Gasteiger partial charge on any atom is 0.326 e. The maximum atomic E-state index is 12.7. The normalized spacial score (nSPS) is 13.9. The van der Waals surface area contributed by atoms with Gasteiger partial charge in [0.15, 0.2) is 5.13 Å². The lowest BCUT2D eigenvalue weighted by atomic mass is 10.3. The Morgan fingerprint density at radius 2 is 1.86 bits per heavy atom. The third-order valence-corrected chi connectivity index (χ3v) is 5.51. The molecule has 8 nitrogen and oxygen atoms in total. The van der Waals surface area contributed by atoms with Crippen molar-refractivity contribution in [3.8, 4) is 0 Å². The molecule has 29 heavy (non-hydrogen) atoms. The minimum Gasteiger partial charge on any atom is -0.395 e. The quantitative estimate of drug-likeness (QED) is 0.630. The van der Waals surface area contributed by atoms with Gasteiger partial charge in [0.25, 0.3) is 0 Å². The zero-order chi connectivity index (χ0) is 20.4. The van der Waals surface area contributed by atoms with Crippen molar-refractivity contribution in [2.45, 2.75) is 12.8 Å². The largest absolute Gasteiger partial charge is 0.395 e. The Labute approximate surface area is 170 Å². The third kappa shape index (κ3) is 3.82. The van der Waals surface area contributed by atoms with Crippen LogP contribution in [0.1, 0.15) is 12.8 Å². The fourth-order valence-electron chi connectivity index (χ4n) is 3.12. The van der Waals surface area contributed by atoms with Crippen molar-refractivity contribution >= 4 is 55.9 Å². The smallest absolute Gasteiger partial charge is 0.326 e. The number of amides is 4. The fourth-order valence-corrected chi connectivity index (χ4v) is 4.16. The molecule has 4 rings (SSSR count). The van der Waals surface area contributed by atoms with E-state index in [0.717, 1.165) is 9.60 Å². The number of aliphatic hydroxyl groups excluding tert-OH is 1. The number of rotatable bonds is 5. The second-order valence-corrected chi connectivity index (χ2v) is 7.45. The number of urea groups is 1. The minimum absolute atomic E-state index is 0.155. The first-order chi connectivity index (χ1) is 14.1. The van der Waals surface area contributed by atoms with Crippen molar-refractivity contribution in [3.63, 3.8) is 0 Å². The first kappa shape index (κ1) is 19.0. The van der Waals surface area contributed by atoms with E-state index in [1.807, 2.05) is 18.2 Å². The molecule has 0 spiro atoms. The number of aliphatic hydroxyl groups is 1. The number of aromatic nitrogens is 1. The van der Waals surface area contributed by atoms with E-state index in [1.165, 1.54) is 16.2 Å². The number of hydrogen-bond donors (Lipinski definition) is 2. The number of carbonyl (C=O) groups is 3. The average Bonchev–Trinajstić information content (AvgIpc) is 3.28. The molecule has 0 bridgehead atoms. The lowest BCUT2D eigenvalue weighted by molar-refractivity contribution is -0.121. The second kappa shape index (κ2) is 7.98. The van der Waals surface area contributed by atoms with Crippen LogP contribution in [0.5, 0.6) is 0 Å². The van der Waals surface area contributed by atoms with Gasteiger partial charge in [-0.1, -0.05) is 29.5 Å². The molecule has 0 saturated carbocycles. The van der Waals surface area contributed by atoms with Gasteiger partial charge in [0.2, 0.25) is 11.8 Å². The monoisotopic (exact) mass is 410 g/mol. The number of hydrogen-bond acceptors (Lipinski definition) is 6. The molecule has 1 saturated heterocycles. The number of imide groups is 1. The summed E-state index contributed by atoms with van der Waals surface area (Å²) >= 11 is 1.23. The van der Waals surface area contributed by atoms with E-state index >= 15 is 0 Å². The molecular formula is C20H18N4O4S. The highest BCUT2D eigenvalue weighted by Crippen LogP contribution is 2.33. The van der Waals surface area contributed by atoms with Crippen LogP contribution >= 0.6 is 11.3 Å². The van der Waals surface area contributed by atoms with E-state index in [1.54, 1.807) is 30.3 Å². The Balaban J connectivity index is 1.57. The van der Waals surface area contributed by atoms with Crippen LogP contribution in [0.3, 0.4) is 0 Å². The van der Waals surface area contributed by atoms with E-state index in [2.05, 4.69) is 10.3 Å². The van der Waals surface area contributed by atoms with Crippen LogP contribution in [0.4, 0.5) is 21.3 Å². The van der Waals surface area contributed by atoms with Gasteiger partial charge in [-0.05, 0) is 30.3 Å². The summed E-state index contributed by atoms with van der Waals surface area (Å²) in [6, 6.07) is 13.9. The summed E-state index contributed by atoms with van der Waals surface area (Å²) < 4.78 is 0.749. The van der Waals surface area contributed by atoms with Crippen molar-refractivity contribution < 1.29 is 19.5 Å². The SMILES string of the molecule is O=C(Nc1ccc2nc(N3C(=O)CCC3=O)sc2c1)N(CCO)c1ccccc1. The highest BCUT2D eigenvalue weighted by atomic mass is 32.1. The summed E-state index contributed by atoms with van der Waals surface area (Å²) in [5.74, 6) is -0.491. The standard InChI is InChI=1S/C20H18N4O4S/c25-11-10-23(14-4-2-1-3-5-14)19(28)21-13-6-7-15-16(12-13)29-20(22-15)24-17(26)8-9-18(24)27/h1-7,12,25H,8-11H2,(H,21,28). The Morgan fingerprint density at radius 3 is 2.55 bits per heavy atom. The molecule has 0 radical (unpaired) electrons. The molecule has 1 fully saturated rings. The summed E-state index contributed by atoms with van der Waals surface area (Å²) in [6.07, 6.45) is 0.409. The van der Waals surface area contributed by atoms with Gasteiger partial charge in [-0.25, -0.2) is 14.7 Å². The van der Waals surface area contributed by atoms with Gasteiger partial charge < -0.3 is 10.4 Å². The molecule has 2 N–H and O–H groups in total. The van der Waals surface area contributed by atoms with Crippen LogP contribution in [0.25, 0.3) is 10.2 Å². The zero-order valence-electron chi connectivity index (χ0n) is 15.4. The molecule has 0 unspecified atom stereocenters. The Morgan fingerprint density at radius 1 is 1.14 bits per heavy atom. The van der Waals surface area contributed by atoms with Crippen LogP contribution in [0.15, 0.2) is 48.5 Å². The van der Waals surface area contributed by atoms with E-state index < -0.39 is 0 Å². The third-order valence-electron chi connectivity index (χ3n) is 4.51. The summed E-state index contributed by atoms with van der Waals surface area (Å²) in [5.41, 5.74) is 1.87. The van der Waals surface area contributed by atoms with Gasteiger partial charge >= 0.3 is 6.03 Å². The number of para-hydroxylation sites is 1. The van der Waals surface area contributed by atoms with Gasteiger partial charge in [-0.15, -0.1) is 0 Å². The number of carbonyl (C=O) groups excluding carboxylic acids is 3. The number of fused-ring (bicyclic) bond motifs is 1. The van der Waals surface area contributed by atoms with Crippen LogP contribution in [-0.2, 0) is 9.59 Å². The van der Waals surface area contributed by atoms with Gasteiger partial charge in [0, 0.05) is 24.2 Å². The van der Waals surface area contributed by atoms with Crippen LogP contribution in [-0.4, -0.2) is 41.1 Å². The van der Waals surface area contributed by atoms with Crippen molar-refractivity contribution in [2.24, 2.45) is 0 Å². The van der Waals surface area contributed by atoms with Crippen molar-refractivity contribution in [1.29, 1.82) is 0 Å². The van der Waals surface area contributed by atoms with E-state index in [9.17, 15) is 19.5 Å². The minimum atomic E-state index is -0.376. The van der Waals surface area contributed by atoms with E-state index in [-0.39, 0.29) is 43.8 Å². The first-order valence-electron chi connectivity index (χ1n) is 9.07. The molecule has 4 amide bonds. The summed E-state index contributed by atoms with van der Waals surface area (Å²) in [4.78, 5) is 43.6. The predicted octanol–water partition coefficient (Wildman–Crippen LogP) is 2.98. The molecular weight excluding hydrogens is 392 g/mol. The van der Waals surface area contributed by atoms with E-state index in [0.29, 0.717) is 22.0 Å². The van der Waals surface area contributed by atoms with E-state index in [4.69, 9.17) is 0 Å². The Kier molecular flexibility index (Phi) is 5.24. The molecule has 1 aromatic heterocycles. The van der Waals surface area contributed by atoms with Gasteiger partial charge in [0.1, 0.15) is 0 Å². The lowest BCUT2D eigenvalue weighted by Crippen LogP contribution is -2.37. The maximum absolute atomic E-state index is 12.7. The molecule has 2 aromatic carbocycles. The second-order valence-electron chi connectivity index (χ2n) is 6.44. The summed E-state index contributed by atoms with van der Waals surface area (Å²) in [7, 11) is 0. The van der Waals surface area contributed by atoms with Gasteiger partial charge in [-0.3, -0.25) is 14.5 Å². The topological polar surface area (TPSA) is 103 Å². The molecule has 1 aliphatic rings. The molecule has 0 atom stereocenters. The Bertz CT molecular complexity index is 1070. The number of nitrogens with zero attached hydrogens (tertiary/aromatic N) is 3. The fraction of sp³-hybridized carbons (Fsp3) is 0.200. The molecule has 2 heterocycles. The molecule has 9 heteroatoms. The van der Waals surface area contributed by atoms with Crippen molar-refractivity contribution in [3.05, 3.63) is 48.5 Å². The van der Waals surface area contributed by atoms with Gasteiger partial charge in [-0.2, -0.15) is 0 Å². The predicted molar refractivity (Wildman–Crippen MR) is 111 cm³/mol. The highest BCUT2D eigenvalue weighted by Gasteiger charge is 2.32. The van der Waals surface area contributed by atoms with Crippen LogP contribution in [0, 0.1) is 0 Å². The number of benzene rings is 2. The number of anilines is 3. The number of nitrogens with one attached hydrogen (secondary N) is 1. The lowest BCUT2D eigenvalue weighted by Gasteiger charge is -2.22. The summed E-state index contributed by atoms with van der Waals surface area (Å²) in [6.45, 7) is -0.0145. The molecule has 0 aliphatic carbocycles. The Hall–Kier alpha value is -3.30. The van der Waals surface area contributed by atoms with Crippen molar-refractivity contribution in [2.75, 3.05) is 28.3 Å². The van der Waals surface area contributed by atoms with Crippen molar-refractivity contribution in [1.82, 2.24) is 4.98 Å². The van der Waals surface area contributed by atoms with Crippen LogP contribution in [0.2, 0.25) is 0 Å². The number of thiazole rings is 1. The first-order valence-corrected chi connectivity index (χ1v) is 9.89. The average molecular weight is 410 g/mol. The zero-order valence-corrected chi connectivity index (χ0v) is 16.2. The summed E-state index contributed by atoms with van der Waals surface area (Å²) in [5, 5.41) is 12.5. The van der Waals surface area contributed by atoms with Gasteiger partial charge in [0.05, 0.1) is 23.4 Å².